The summed E-state index contributed by atoms with van der Waals surface area (Å²) in [4.78, 5) is 0. The van der Waals surface area contributed by atoms with Gasteiger partial charge in [0.15, 0.2) is 0 Å². The summed E-state index contributed by atoms with van der Waals surface area (Å²) in [6.45, 7) is 0.759. The van der Waals surface area contributed by atoms with Crippen molar-refractivity contribution in [2.24, 2.45) is 5.73 Å². The average molecular weight is 232 g/mol. The third-order valence-electron chi connectivity index (χ3n) is 2.25. The van der Waals surface area contributed by atoms with Gasteiger partial charge in [0.1, 0.15) is 0 Å². The number of nitrogens with one attached hydrogen (secondary N) is 1. The molecule has 0 radical (unpaired) electrons. The van der Waals surface area contributed by atoms with Gasteiger partial charge < -0.3 is 11.1 Å². The smallest absolute Gasteiger partial charge is 0.321 e. The Morgan fingerprint density at radius 3 is 2.19 bits per heavy atom. The molecule has 0 fully saturated rings. The van der Waals surface area contributed by atoms with Crippen LogP contribution in [-0.4, -0.2) is 19.3 Å². The molecule has 1 aromatic rings. The van der Waals surface area contributed by atoms with E-state index in [2.05, 4.69) is 5.32 Å². The van der Waals surface area contributed by atoms with Crippen molar-refractivity contribution in [2.75, 3.05) is 13.1 Å². The lowest BCUT2D eigenvalue weighted by Gasteiger charge is -2.26. The molecule has 2 nitrogen and oxygen atoms in total. The predicted octanol–water partition coefficient (Wildman–Crippen LogP) is 2.01. The molecule has 0 spiro atoms. The lowest BCUT2D eigenvalue weighted by atomic mass is 9.93. The maximum Gasteiger partial charge on any atom is 0.401 e. The molecule has 5 heteroatoms. The molecule has 0 saturated heterocycles. The first-order chi connectivity index (χ1) is 7.31. The quantitative estimate of drug-likeness (QED) is 0.833. The largest absolute Gasteiger partial charge is 0.401 e. The first-order valence-corrected chi connectivity index (χ1v) is 4.93. The van der Waals surface area contributed by atoms with Gasteiger partial charge in [-0.25, -0.2) is 0 Å². The fourth-order valence-electron chi connectivity index (χ4n) is 1.38. The van der Waals surface area contributed by atoms with E-state index in [1.165, 1.54) is 0 Å². The van der Waals surface area contributed by atoms with Crippen LogP contribution >= 0.6 is 0 Å². The van der Waals surface area contributed by atoms with Crippen molar-refractivity contribution in [1.29, 1.82) is 0 Å². The van der Waals surface area contributed by atoms with E-state index < -0.39 is 18.3 Å². The molecule has 1 atom stereocenters. The molecule has 3 N–H and O–H groups in total. The maximum atomic E-state index is 11.9. The van der Waals surface area contributed by atoms with Gasteiger partial charge in [-0.1, -0.05) is 30.3 Å². The molecule has 0 saturated carbocycles. The van der Waals surface area contributed by atoms with Crippen molar-refractivity contribution in [3.8, 4) is 0 Å². The SMILES string of the molecule is CC(N)(CNCC(F)(F)F)c1ccccc1. The van der Waals surface area contributed by atoms with Crippen LogP contribution in [0.25, 0.3) is 0 Å². The molecule has 1 rings (SSSR count). The summed E-state index contributed by atoms with van der Waals surface area (Å²) in [6, 6.07) is 9.06. The van der Waals surface area contributed by atoms with Crippen LogP contribution in [0, 0.1) is 0 Å². The predicted molar refractivity (Wildman–Crippen MR) is 56.9 cm³/mol. The van der Waals surface area contributed by atoms with Crippen molar-refractivity contribution >= 4 is 0 Å². The third-order valence-corrected chi connectivity index (χ3v) is 2.25. The first-order valence-electron chi connectivity index (χ1n) is 4.93. The molecule has 0 amide bonds. The number of rotatable bonds is 4. The maximum absolute atomic E-state index is 11.9. The van der Waals surface area contributed by atoms with Gasteiger partial charge in [-0.05, 0) is 12.5 Å². The van der Waals surface area contributed by atoms with E-state index >= 15 is 0 Å². The molecule has 0 aromatic heterocycles. The molecular formula is C11H15F3N2. The van der Waals surface area contributed by atoms with Gasteiger partial charge in [0.2, 0.25) is 0 Å². The van der Waals surface area contributed by atoms with E-state index in [0.717, 1.165) is 5.56 Å². The Kier molecular flexibility index (Phi) is 3.93. The minimum Gasteiger partial charge on any atom is -0.321 e. The zero-order valence-electron chi connectivity index (χ0n) is 9.01. The van der Waals surface area contributed by atoms with Crippen LogP contribution in [0.3, 0.4) is 0 Å². The monoisotopic (exact) mass is 232 g/mol. The fourth-order valence-corrected chi connectivity index (χ4v) is 1.38. The topological polar surface area (TPSA) is 38.0 Å². The molecule has 1 unspecified atom stereocenters. The summed E-state index contributed by atoms with van der Waals surface area (Å²) < 4.78 is 35.8. The number of benzene rings is 1. The van der Waals surface area contributed by atoms with Gasteiger partial charge in [0.25, 0.3) is 0 Å². The zero-order chi connectivity index (χ0) is 12.2. The van der Waals surface area contributed by atoms with E-state index in [4.69, 9.17) is 5.73 Å². The first kappa shape index (κ1) is 13.0. The van der Waals surface area contributed by atoms with Crippen LogP contribution in [0.5, 0.6) is 0 Å². The van der Waals surface area contributed by atoms with Crippen molar-refractivity contribution in [3.05, 3.63) is 35.9 Å². The Labute approximate surface area is 92.6 Å². The number of hydrogen-bond donors (Lipinski definition) is 2. The van der Waals surface area contributed by atoms with E-state index in [1.54, 1.807) is 19.1 Å². The molecular weight excluding hydrogens is 217 g/mol. The van der Waals surface area contributed by atoms with Crippen molar-refractivity contribution in [1.82, 2.24) is 5.32 Å². The summed E-state index contributed by atoms with van der Waals surface area (Å²) in [5.41, 5.74) is 5.95. The normalized spacial score (nSPS) is 15.8. The number of hydrogen-bond acceptors (Lipinski definition) is 2. The Morgan fingerprint density at radius 2 is 1.69 bits per heavy atom. The van der Waals surface area contributed by atoms with Crippen molar-refractivity contribution in [2.45, 2.75) is 18.6 Å². The molecule has 0 heterocycles. The Bertz CT molecular complexity index is 320. The molecule has 1 aromatic carbocycles. The lowest BCUT2D eigenvalue weighted by Crippen LogP contribution is -2.45. The van der Waals surface area contributed by atoms with E-state index in [0.29, 0.717) is 0 Å². The Balaban J connectivity index is 2.53. The number of halogens is 3. The van der Waals surface area contributed by atoms with Gasteiger partial charge in [-0.2, -0.15) is 13.2 Å². The second-order valence-electron chi connectivity index (χ2n) is 4.00. The summed E-state index contributed by atoms with van der Waals surface area (Å²) >= 11 is 0. The minimum atomic E-state index is -4.20. The average Bonchev–Trinajstić information content (AvgIpc) is 2.17. The standard InChI is InChI=1S/C11H15F3N2/c1-10(15,7-16-8-11(12,13)14)9-5-3-2-4-6-9/h2-6,16H,7-8,15H2,1H3. The highest BCUT2D eigenvalue weighted by Gasteiger charge is 2.28. The van der Waals surface area contributed by atoms with E-state index in [9.17, 15) is 13.2 Å². The fraction of sp³-hybridized carbons (Fsp3) is 0.455. The summed E-state index contributed by atoms with van der Waals surface area (Å²) in [5.74, 6) is 0. The summed E-state index contributed by atoms with van der Waals surface area (Å²) in [7, 11) is 0. The highest BCUT2D eigenvalue weighted by molar-refractivity contribution is 5.23. The molecule has 0 bridgehead atoms. The second kappa shape index (κ2) is 4.84. The molecule has 16 heavy (non-hydrogen) atoms. The van der Waals surface area contributed by atoms with Crippen LogP contribution in [0.4, 0.5) is 13.2 Å². The highest BCUT2D eigenvalue weighted by atomic mass is 19.4. The highest BCUT2D eigenvalue weighted by Crippen LogP contribution is 2.17. The van der Waals surface area contributed by atoms with Gasteiger partial charge >= 0.3 is 6.18 Å². The summed E-state index contributed by atoms with van der Waals surface area (Å²) in [5, 5.41) is 2.31. The van der Waals surface area contributed by atoms with Crippen LogP contribution in [0.1, 0.15) is 12.5 Å². The van der Waals surface area contributed by atoms with E-state index in [1.807, 2.05) is 18.2 Å². The Morgan fingerprint density at radius 1 is 1.12 bits per heavy atom. The summed E-state index contributed by atoms with van der Waals surface area (Å²) in [6.07, 6.45) is -4.20. The number of alkyl halides is 3. The van der Waals surface area contributed by atoms with Crippen LogP contribution in [-0.2, 0) is 5.54 Å². The zero-order valence-corrected chi connectivity index (χ0v) is 9.01. The van der Waals surface area contributed by atoms with Crippen molar-refractivity contribution in [3.63, 3.8) is 0 Å². The van der Waals surface area contributed by atoms with Gasteiger partial charge in [0, 0.05) is 6.54 Å². The lowest BCUT2D eigenvalue weighted by molar-refractivity contribution is -0.125. The van der Waals surface area contributed by atoms with Crippen molar-refractivity contribution < 1.29 is 13.2 Å². The van der Waals surface area contributed by atoms with Gasteiger partial charge in [-0.3, -0.25) is 0 Å². The second-order valence-corrected chi connectivity index (χ2v) is 4.00. The van der Waals surface area contributed by atoms with Gasteiger partial charge in [-0.15, -0.1) is 0 Å². The van der Waals surface area contributed by atoms with Gasteiger partial charge in [0.05, 0.1) is 12.1 Å². The molecule has 0 aliphatic carbocycles. The molecule has 0 aliphatic rings. The number of nitrogens with two attached hydrogens (primary N) is 1. The third kappa shape index (κ3) is 4.20. The Hall–Kier alpha value is -1.07. The molecule has 0 aliphatic heterocycles. The van der Waals surface area contributed by atoms with Crippen LogP contribution in [0.2, 0.25) is 0 Å². The minimum absolute atomic E-state index is 0.0799. The van der Waals surface area contributed by atoms with Crippen LogP contribution < -0.4 is 11.1 Å². The van der Waals surface area contributed by atoms with Crippen LogP contribution in [0.15, 0.2) is 30.3 Å². The van der Waals surface area contributed by atoms with E-state index in [-0.39, 0.29) is 6.54 Å². The molecule has 90 valence electrons.